The zero-order chi connectivity index (χ0) is 47.4. The van der Waals surface area contributed by atoms with Crippen LogP contribution in [-0.2, 0) is 39.6 Å². The lowest BCUT2D eigenvalue weighted by Gasteiger charge is -2.37. The van der Waals surface area contributed by atoms with Crippen LogP contribution in [0.3, 0.4) is 0 Å². The number of aromatic nitrogens is 5. The van der Waals surface area contributed by atoms with E-state index in [9.17, 15) is 16.8 Å². The molecule has 354 valence electrons. The summed E-state index contributed by atoms with van der Waals surface area (Å²) in [5.74, 6) is 0.454. The molecule has 0 saturated carbocycles. The second-order valence-electron chi connectivity index (χ2n) is 18.1. The van der Waals surface area contributed by atoms with Gasteiger partial charge in [0.1, 0.15) is 10.5 Å². The van der Waals surface area contributed by atoms with Crippen molar-refractivity contribution in [3.05, 3.63) is 172 Å². The van der Waals surface area contributed by atoms with E-state index >= 15 is 0 Å². The molecule has 2 saturated heterocycles. The van der Waals surface area contributed by atoms with E-state index < -0.39 is 20.0 Å². The SMILES string of the molecule is CS(=O)(=O)N1CCC(C2=C3[N-]C=CC=C3C=C(CCCn3ccnc3)c3cc(Cl)ccc32)CC1.CS(=O)(=O)N1CCC(c2c3ncccc3cc(CCCn3ccnc3)[c+]3cc(Cl)ccc23)CC1. The first-order valence-electron chi connectivity index (χ1n) is 23.3. The first-order chi connectivity index (χ1) is 32.8. The topological polar surface area (TPSA) is 137 Å². The van der Waals surface area contributed by atoms with Gasteiger partial charge in [-0.3, -0.25) is 0 Å². The number of allylic oxidation sites excluding steroid dienone is 5. The van der Waals surface area contributed by atoms with Crippen molar-refractivity contribution in [3.8, 4) is 0 Å². The maximum absolute atomic E-state index is 12.1. The fourth-order valence-electron chi connectivity index (χ4n) is 10.3. The van der Waals surface area contributed by atoms with Crippen molar-refractivity contribution in [2.45, 2.75) is 70.4 Å². The highest BCUT2D eigenvalue weighted by Gasteiger charge is 2.32. The number of benzene rings is 2. The molecule has 0 radical (unpaired) electrons. The highest BCUT2D eigenvalue weighted by Crippen LogP contribution is 2.47. The number of halogens is 2. The molecule has 2 fully saturated rings. The molecule has 68 heavy (non-hydrogen) atoms. The van der Waals surface area contributed by atoms with E-state index in [0.717, 1.165) is 109 Å². The van der Waals surface area contributed by atoms with E-state index in [0.29, 0.717) is 36.2 Å². The summed E-state index contributed by atoms with van der Waals surface area (Å²) in [6.45, 7) is 3.92. The number of hydrogen-bond acceptors (Lipinski definition) is 7. The van der Waals surface area contributed by atoms with Crippen molar-refractivity contribution >= 4 is 76.1 Å². The summed E-state index contributed by atoms with van der Waals surface area (Å²) >= 11 is 13.0. The third kappa shape index (κ3) is 11.0. The van der Waals surface area contributed by atoms with Crippen LogP contribution < -0.4 is 0 Å². The predicted molar refractivity (Wildman–Crippen MR) is 275 cm³/mol. The maximum atomic E-state index is 12.1. The predicted octanol–water partition coefficient (Wildman–Crippen LogP) is 10.9. The van der Waals surface area contributed by atoms with Gasteiger partial charge in [0.25, 0.3) is 0 Å². The Morgan fingerprint density at radius 3 is 2.04 bits per heavy atom. The van der Waals surface area contributed by atoms with Crippen molar-refractivity contribution in [1.29, 1.82) is 0 Å². The number of fused-ring (bicyclic) bond motifs is 4. The number of sulfonamides is 2. The van der Waals surface area contributed by atoms with Gasteiger partial charge in [0.05, 0.1) is 41.5 Å². The average molecular weight is 992 g/mol. The Hall–Kier alpha value is -5.22. The normalized spacial score (nSPS) is 17.5. The molecule has 3 aromatic carbocycles. The van der Waals surface area contributed by atoms with Crippen LogP contribution in [0.25, 0.3) is 38.1 Å². The van der Waals surface area contributed by atoms with Crippen molar-refractivity contribution in [2.75, 3.05) is 38.7 Å². The lowest BCUT2D eigenvalue weighted by atomic mass is 9.81. The molecule has 0 N–H and O–H groups in total. The molecule has 0 bridgehead atoms. The van der Waals surface area contributed by atoms with Crippen LogP contribution in [0.1, 0.15) is 73.1 Å². The number of piperidine rings is 2. The average Bonchev–Trinajstić information content (AvgIpc) is 4.01. The number of rotatable bonds is 12. The minimum absolute atomic E-state index is 0.227. The van der Waals surface area contributed by atoms with E-state index in [1.165, 1.54) is 34.8 Å². The number of pyridine rings is 1. The second kappa shape index (κ2) is 20.8. The molecule has 4 aliphatic rings. The van der Waals surface area contributed by atoms with Gasteiger partial charge in [0.15, 0.2) is 0 Å². The van der Waals surface area contributed by atoms with Gasteiger partial charge in [-0.1, -0.05) is 41.5 Å². The standard InChI is InChI=1S/2C26H28ClN4O2S/c2*1-34(32,33)31-13-8-19(9-14-31)25-23-7-6-22(27)17-24(23)20(5-3-12-30-15-11-28-18-30)16-21-4-2-10-29-26(21)25/h2*2,4,6-7,10-11,15-19H,3,5,8-9,12-14H2,1H3/q-1;+1. The molecule has 1 aliphatic carbocycles. The Labute approximate surface area is 409 Å². The summed E-state index contributed by atoms with van der Waals surface area (Å²) in [6.07, 6.45) is 30.8. The number of aryl methyl sites for hydroxylation is 3. The van der Waals surface area contributed by atoms with Crippen LogP contribution in [0, 0.1) is 5.92 Å². The van der Waals surface area contributed by atoms with Gasteiger partial charge in [-0.05, 0) is 115 Å². The van der Waals surface area contributed by atoms with Gasteiger partial charge in [-0.2, -0.15) is 6.20 Å². The quantitative estimate of drug-likeness (QED) is 0.111. The third-order valence-electron chi connectivity index (χ3n) is 13.6. The summed E-state index contributed by atoms with van der Waals surface area (Å²) in [5.41, 5.74) is 10.3. The Balaban J connectivity index is 0.000000170. The van der Waals surface area contributed by atoms with Crippen molar-refractivity contribution in [3.63, 3.8) is 0 Å². The smallest absolute Gasteiger partial charge is 0.211 e. The molecular formula is C52H56Cl2N8O4S2. The molecule has 16 heteroatoms. The number of imidazole rings is 2. The van der Waals surface area contributed by atoms with Gasteiger partial charge in [0.2, 0.25) is 20.0 Å². The minimum Gasteiger partial charge on any atom is -0.663 e. The Bertz CT molecular complexity index is 3160. The lowest BCUT2D eigenvalue weighted by Crippen LogP contribution is -2.38. The molecule has 3 aliphatic heterocycles. The third-order valence-corrected chi connectivity index (χ3v) is 16.7. The van der Waals surface area contributed by atoms with Gasteiger partial charge in [0, 0.05) is 116 Å². The highest BCUT2D eigenvalue weighted by atomic mass is 35.5. The van der Waals surface area contributed by atoms with Crippen LogP contribution in [0.15, 0.2) is 134 Å². The fraction of sp³-hybridized carbons (Fsp3) is 0.346. The van der Waals surface area contributed by atoms with Crippen LogP contribution in [0.4, 0.5) is 0 Å². The van der Waals surface area contributed by atoms with Gasteiger partial charge in [-0.25, -0.2) is 40.4 Å². The van der Waals surface area contributed by atoms with Gasteiger partial charge in [-0.15, -0.1) is 5.70 Å². The molecule has 12 nitrogen and oxygen atoms in total. The molecule has 6 heterocycles. The van der Waals surface area contributed by atoms with Crippen LogP contribution in [-0.4, -0.2) is 88.2 Å². The summed E-state index contributed by atoms with van der Waals surface area (Å²) in [7, 11) is -6.35. The van der Waals surface area contributed by atoms with E-state index in [2.05, 4.69) is 67.7 Å². The largest absolute Gasteiger partial charge is 0.663 e. The van der Waals surface area contributed by atoms with Gasteiger partial charge < -0.3 is 14.5 Å². The summed E-state index contributed by atoms with van der Waals surface area (Å²) in [4.78, 5) is 13.1. The molecule has 0 amide bonds. The summed E-state index contributed by atoms with van der Waals surface area (Å²) in [5, 5.41) is 9.66. The molecule has 3 aromatic heterocycles. The number of nitrogens with zero attached hydrogens (tertiary/aromatic N) is 8. The first-order valence-corrected chi connectivity index (χ1v) is 27.7. The van der Waals surface area contributed by atoms with Crippen molar-refractivity contribution < 1.29 is 16.8 Å². The van der Waals surface area contributed by atoms with E-state index in [1.807, 2.05) is 61.7 Å². The lowest BCUT2D eigenvalue weighted by molar-refractivity contribution is 0.312. The van der Waals surface area contributed by atoms with Crippen LogP contribution in [0.5, 0.6) is 0 Å². The Morgan fingerprint density at radius 1 is 0.750 bits per heavy atom. The van der Waals surface area contributed by atoms with Crippen LogP contribution >= 0.6 is 23.2 Å². The Morgan fingerprint density at radius 2 is 1.40 bits per heavy atom. The minimum atomic E-state index is -3.18. The molecule has 0 unspecified atom stereocenters. The zero-order valence-corrected chi connectivity index (χ0v) is 41.5. The number of hydrogen-bond donors (Lipinski definition) is 0. The molecule has 6 aromatic rings. The van der Waals surface area contributed by atoms with Crippen molar-refractivity contribution in [1.82, 2.24) is 32.7 Å². The van der Waals surface area contributed by atoms with Crippen molar-refractivity contribution in [2.24, 2.45) is 5.92 Å². The molecule has 10 rings (SSSR count). The highest BCUT2D eigenvalue weighted by molar-refractivity contribution is 7.88. The monoisotopic (exact) mass is 990 g/mol. The molecular weight excluding hydrogens is 936 g/mol. The van der Waals surface area contributed by atoms with Gasteiger partial charge >= 0.3 is 0 Å². The maximum Gasteiger partial charge on any atom is 0.211 e. The summed E-state index contributed by atoms with van der Waals surface area (Å²) < 4.78 is 55.6. The summed E-state index contributed by atoms with van der Waals surface area (Å²) in [6, 6.07) is 18.6. The van der Waals surface area contributed by atoms with E-state index in [1.54, 1.807) is 21.0 Å². The second-order valence-corrected chi connectivity index (χ2v) is 22.9. The van der Waals surface area contributed by atoms with E-state index in [4.69, 9.17) is 33.5 Å². The fourth-order valence-corrected chi connectivity index (χ4v) is 12.4. The van der Waals surface area contributed by atoms with E-state index in [-0.39, 0.29) is 11.8 Å². The first kappa shape index (κ1) is 47.8. The Kier molecular flexibility index (Phi) is 14.6. The van der Waals surface area contributed by atoms with Crippen LogP contribution in [0.2, 0.25) is 10.0 Å². The molecule has 0 atom stereocenters. The molecule has 0 spiro atoms. The zero-order valence-electron chi connectivity index (χ0n) is 38.4.